The summed E-state index contributed by atoms with van der Waals surface area (Å²) in [6, 6.07) is 7.86. The lowest BCUT2D eigenvalue weighted by Gasteiger charge is -2.23. The van der Waals surface area contributed by atoms with Crippen molar-refractivity contribution < 1.29 is 9.90 Å². The van der Waals surface area contributed by atoms with Gasteiger partial charge in [0, 0.05) is 24.1 Å². The van der Waals surface area contributed by atoms with E-state index in [9.17, 15) is 9.90 Å². The summed E-state index contributed by atoms with van der Waals surface area (Å²) in [5.74, 6) is -0.363. The maximum atomic E-state index is 11.8. The van der Waals surface area contributed by atoms with Gasteiger partial charge in [0.2, 0.25) is 0 Å². The third-order valence-corrected chi connectivity index (χ3v) is 6.06. The second kappa shape index (κ2) is 5.97. The summed E-state index contributed by atoms with van der Waals surface area (Å²) in [7, 11) is 0. The van der Waals surface area contributed by atoms with Gasteiger partial charge in [0.15, 0.2) is 0 Å². The van der Waals surface area contributed by atoms with Gasteiger partial charge in [-0.15, -0.1) is 5.10 Å². The number of carboxylic acids is 1. The van der Waals surface area contributed by atoms with Gasteiger partial charge in [-0.2, -0.15) is 0 Å². The number of nitrogens with zero attached hydrogens (tertiary/aromatic N) is 4. The van der Waals surface area contributed by atoms with Crippen molar-refractivity contribution >= 4 is 21.9 Å². The highest BCUT2D eigenvalue weighted by Gasteiger charge is 2.54. The Morgan fingerprint density at radius 2 is 2.25 bits per heavy atom. The molecular weight excluding hydrogens is 372 g/mol. The molecule has 1 aliphatic carbocycles. The Morgan fingerprint density at radius 3 is 3.00 bits per heavy atom. The number of likely N-dealkylation sites (tertiary alicyclic amines) is 1. The van der Waals surface area contributed by atoms with Gasteiger partial charge in [-0.1, -0.05) is 23.8 Å². The molecule has 4 rings (SSSR count). The second-order valence-corrected chi connectivity index (χ2v) is 7.68. The Bertz CT molecular complexity index is 777. The number of aliphatic carboxylic acids is 1. The molecule has 24 heavy (non-hydrogen) atoms. The Morgan fingerprint density at radius 1 is 1.42 bits per heavy atom. The summed E-state index contributed by atoms with van der Waals surface area (Å²) in [5.41, 5.74) is 1.26. The number of halogens is 1. The van der Waals surface area contributed by atoms with E-state index in [0.717, 1.165) is 41.7 Å². The number of benzene rings is 1. The molecule has 1 N–H and O–H groups in total. The Kier molecular flexibility index (Phi) is 3.92. The lowest BCUT2D eigenvalue weighted by atomic mass is 9.81. The average molecular weight is 391 g/mol. The molecule has 0 radical (unpaired) electrons. The van der Waals surface area contributed by atoms with Crippen LogP contribution in [0, 0.1) is 11.3 Å². The maximum Gasteiger partial charge on any atom is 0.311 e. The molecule has 2 fully saturated rings. The van der Waals surface area contributed by atoms with Crippen LogP contribution in [0.3, 0.4) is 0 Å². The first-order valence-electron chi connectivity index (χ1n) is 8.20. The number of carboxylic acid groups (broad SMARTS) is 1. The van der Waals surface area contributed by atoms with Crippen LogP contribution in [0.25, 0.3) is 5.69 Å². The highest BCUT2D eigenvalue weighted by Crippen LogP contribution is 2.49. The fourth-order valence-corrected chi connectivity index (χ4v) is 4.69. The van der Waals surface area contributed by atoms with E-state index in [-0.39, 0.29) is 5.92 Å². The van der Waals surface area contributed by atoms with Gasteiger partial charge in [-0.3, -0.25) is 9.69 Å². The predicted molar refractivity (Wildman–Crippen MR) is 91.7 cm³/mol. The number of rotatable bonds is 4. The van der Waals surface area contributed by atoms with E-state index >= 15 is 0 Å². The summed E-state index contributed by atoms with van der Waals surface area (Å²) in [6.07, 6.45) is 4.77. The number of aromatic nitrogens is 3. The molecule has 0 spiro atoms. The zero-order chi connectivity index (χ0) is 16.7. The van der Waals surface area contributed by atoms with Crippen molar-refractivity contribution in [3.8, 4) is 5.69 Å². The molecule has 1 saturated heterocycles. The summed E-state index contributed by atoms with van der Waals surface area (Å²) in [5, 5.41) is 18.1. The Hall–Kier alpha value is -1.73. The lowest BCUT2D eigenvalue weighted by molar-refractivity contribution is -0.149. The van der Waals surface area contributed by atoms with Gasteiger partial charge in [0.1, 0.15) is 0 Å². The van der Waals surface area contributed by atoms with Gasteiger partial charge >= 0.3 is 5.97 Å². The minimum absolute atomic E-state index is 0.272. The number of fused-ring (bicyclic) bond motifs is 1. The molecular formula is C17H19BrN4O2. The molecule has 2 aromatic rings. The minimum atomic E-state index is -0.635. The van der Waals surface area contributed by atoms with E-state index < -0.39 is 11.4 Å². The Labute approximate surface area is 148 Å². The van der Waals surface area contributed by atoms with Crippen LogP contribution in [0.2, 0.25) is 0 Å². The van der Waals surface area contributed by atoms with Crippen LogP contribution in [0.4, 0.5) is 0 Å². The van der Waals surface area contributed by atoms with E-state index in [1.54, 1.807) is 4.68 Å². The van der Waals surface area contributed by atoms with E-state index in [0.29, 0.717) is 13.1 Å². The third-order valence-electron chi connectivity index (χ3n) is 5.39. The van der Waals surface area contributed by atoms with E-state index in [4.69, 9.17) is 0 Å². The summed E-state index contributed by atoms with van der Waals surface area (Å²) >= 11 is 3.52. The molecule has 0 amide bonds. The topological polar surface area (TPSA) is 71.2 Å². The van der Waals surface area contributed by atoms with Crippen LogP contribution < -0.4 is 0 Å². The molecule has 1 aromatic carbocycles. The molecule has 1 aliphatic heterocycles. The average Bonchev–Trinajstić information content (AvgIpc) is 3.22. The van der Waals surface area contributed by atoms with Crippen LogP contribution in [-0.2, 0) is 11.3 Å². The lowest BCUT2D eigenvalue weighted by Crippen LogP contribution is -2.35. The quantitative estimate of drug-likeness (QED) is 0.868. The van der Waals surface area contributed by atoms with Crippen molar-refractivity contribution in [1.82, 2.24) is 19.9 Å². The van der Waals surface area contributed by atoms with E-state index in [2.05, 4.69) is 31.1 Å². The van der Waals surface area contributed by atoms with Crippen molar-refractivity contribution in [1.29, 1.82) is 0 Å². The van der Waals surface area contributed by atoms with Crippen molar-refractivity contribution in [2.24, 2.45) is 11.3 Å². The highest BCUT2D eigenvalue weighted by atomic mass is 79.9. The van der Waals surface area contributed by atoms with Gasteiger partial charge in [-0.25, -0.2) is 4.68 Å². The fraction of sp³-hybridized carbons (Fsp3) is 0.471. The molecule has 0 unspecified atom stereocenters. The van der Waals surface area contributed by atoms with E-state index in [1.807, 2.05) is 30.5 Å². The first-order chi connectivity index (χ1) is 11.6. The largest absolute Gasteiger partial charge is 0.481 e. The smallest absolute Gasteiger partial charge is 0.311 e. The first-order valence-corrected chi connectivity index (χ1v) is 9.00. The zero-order valence-corrected chi connectivity index (χ0v) is 14.8. The molecule has 1 aromatic heterocycles. The van der Waals surface area contributed by atoms with Crippen LogP contribution in [0.1, 0.15) is 25.0 Å². The maximum absolute atomic E-state index is 11.8. The summed E-state index contributed by atoms with van der Waals surface area (Å²) < 4.78 is 2.71. The van der Waals surface area contributed by atoms with Gasteiger partial charge in [-0.05, 0) is 46.8 Å². The van der Waals surface area contributed by atoms with Crippen molar-refractivity contribution in [3.63, 3.8) is 0 Å². The normalized spacial score (nSPS) is 26.6. The first kappa shape index (κ1) is 15.8. The molecule has 126 valence electrons. The predicted octanol–water partition coefficient (Wildman–Crippen LogP) is 2.72. The highest BCUT2D eigenvalue weighted by molar-refractivity contribution is 9.10. The van der Waals surface area contributed by atoms with Gasteiger partial charge < -0.3 is 5.11 Å². The van der Waals surface area contributed by atoms with Crippen LogP contribution >= 0.6 is 15.9 Å². The zero-order valence-electron chi connectivity index (χ0n) is 13.2. The Balaban J connectivity index is 1.50. The molecule has 0 bridgehead atoms. The van der Waals surface area contributed by atoms with Crippen molar-refractivity contribution in [2.45, 2.75) is 25.8 Å². The molecule has 2 atom stereocenters. The SMILES string of the molecule is O=C(O)[C@@]12CCC[C@H]1CN(Cc1cn(-c3ccccc3Br)nn1)C2. The van der Waals surface area contributed by atoms with Crippen LogP contribution in [0.5, 0.6) is 0 Å². The standard InChI is InChI=1S/C17H19BrN4O2/c18-14-5-1-2-6-15(14)22-10-13(19-20-22)9-21-8-12-4-3-7-17(12,11-21)16(23)24/h1-2,5-6,10,12H,3-4,7-9,11H2,(H,23,24)/t12-,17+/m0/s1. The fourth-order valence-electron chi connectivity index (χ4n) is 4.22. The van der Waals surface area contributed by atoms with Crippen LogP contribution in [0.15, 0.2) is 34.9 Å². The molecule has 2 heterocycles. The van der Waals surface area contributed by atoms with Gasteiger partial charge in [0.05, 0.1) is 23.0 Å². The molecule has 6 nitrogen and oxygen atoms in total. The minimum Gasteiger partial charge on any atom is -0.481 e. The third kappa shape index (κ3) is 2.56. The van der Waals surface area contributed by atoms with Crippen molar-refractivity contribution in [2.75, 3.05) is 13.1 Å². The van der Waals surface area contributed by atoms with Crippen LogP contribution in [-0.4, -0.2) is 44.1 Å². The molecule has 7 heteroatoms. The summed E-state index contributed by atoms with van der Waals surface area (Å²) in [4.78, 5) is 14.0. The number of para-hydroxylation sites is 1. The second-order valence-electron chi connectivity index (χ2n) is 6.83. The monoisotopic (exact) mass is 390 g/mol. The molecule has 2 aliphatic rings. The summed E-state index contributed by atoms with van der Waals surface area (Å²) in [6.45, 7) is 2.11. The van der Waals surface area contributed by atoms with Crippen molar-refractivity contribution in [3.05, 3.63) is 40.6 Å². The number of hydrogen-bond acceptors (Lipinski definition) is 4. The number of carbonyl (C=O) groups is 1. The van der Waals surface area contributed by atoms with E-state index in [1.165, 1.54) is 0 Å². The molecule has 1 saturated carbocycles. The number of hydrogen-bond donors (Lipinski definition) is 1. The van der Waals surface area contributed by atoms with Gasteiger partial charge in [0.25, 0.3) is 0 Å².